The molecule has 7 heteroatoms. The number of ether oxygens (including phenoxy) is 1. The van der Waals surface area contributed by atoms with Crippen LogP contribution in [0.15, 0.2) is 36.5 Å². The van der Waals surface area contributed by atoms with E-state index < -0.39 is 0 Å². The number of aromatic nitrogens is 2. The van der Waals surface area contributed by atoms with Gasteiger partial charge in [0.2, 0.25) is 0 Å². The van der Waals surface area contributed by atoms with Gasteiger partial charge in [0, 0.05) is 13.0 Å². The molecule has 0 spiro atoms. The first kappa shape index (κ1) is 18.1. The number of hydrogen-bond acceptors (Lipinski definition) is 7. The zero-order chi connectivity index (χ0) is 18.5. The molecule has 0 bridgehead atoms. The molecule has 26 heavy (non-hydrogen) atoms. The molecule has 1 saturated carbocycles. The lowest BCUT2D eigenvalue weighted by Crippen LogP contribution is -2.21. The van der Waals surface area contributed by atoms with E-state index in [1.54, 1.807) is 13.1 Å². The maximum absolute atomic E-state index is 12.1. The second-order valence-corrected chi connectivity index (χ2v) is 6.38. The number of rotatable bonds is 8. The highest BCUT2D eigenvalue weighted by atomic mass is 16.5. The fourth-order valence-electron chi connectivity index (χ4n) is 2.76. The van der Waals surface area contributed by atoms with Crippen LogP contribution in [-0.4, -0.2) is 34.8 Å². The van der Waals surface area contributed by atoms with Crippen LogP contribution in [0.5, 0.6) is 0 Å². The second kappa shape index (κ2) is 8.14. The molecule has 3 rings (SSSR count). The zero-order valence-electron chi connectivity index (χ0n) is 15.1. The lowest BCUT2D eigenvalue weighted by molar-refractivity contribution is -0.143. The van der Waals surface area contributed by atoms with Crippen molar-refractivity contribution in [2.45, 2.75) is 38.1 Å². The van der Waals surface area contributed by atoms with E-state index in [9.17, 15) is 10.0 Å². The van der Waals surface area contributed by atoms with Gasteiger partial charge in [-0.05, 0) is 25.3 Å². The Kier molecular flexibility index (Phi) is 5.68. The maximum atomic E-state index is 12.1. The van der Waals surface area contributed by atoms with Crippen molar-refractivity contribution in [3.05, 3.63) is 47.9 Å². The van der Waals surface area contributed by atoms with Crippen LogP contribution in [0.25, 0.3) is 0 Å². The van der Waals surface area contributed by atoms with E-state index in [0.717, 1.165) is 29.3 Å². The molecule has 1 fully saturated rings. The molecule has 138 valence electrons. The smallest absolute Gasteiger partial charge is 0.308 e. The van der Waals surface area contributed by atoms with Crippen molar-refractivity contribution in [1.82, 2.24) is 9.97 Å². The second-order valence-electron chi connectivity index (χ2n) is 6.38. The van der Waals surface area contributed by atoms with Crippen molar-refractivity contribution in [3.63, 3.8) is 0 Å². The lowest BCUT2D eigenvalue weighted by atomic mass is 10.0. The molecule has 0 radical (unpaired) electrons. The first-order valence-corrected chi connectivity index (χ1v) is 8.85. The Hall–Kier alpha value is -2.67. The number of hydrogen-bond donors (Lipinski definition) is 2. The minimum Gasteiger partial charge on any atom is -0.466 e. The average molecular weight is 356 g/mol. The summed E-state index contributed by atoms with van der Waals surface area (Å²) >= 11 is 0. The van der Waals surface area contributed by atoms with Crippen LogP contribution in [0.3, 0.4) is 0 Å². The Labute approximate surface area is 153 Å². The third-order valence-corrected chi connectivity index (χ3v) is 4.27. The van der Waals surface area contributed by atoms with Gasteiger partial charge in [0.1, 0.15) is 11.5 Å². The summed E-state index contributed by atoms with van der Waals surface area (Å²) in [6, 6.07) is 9.34. The van der Waals surface area contributed by atoms with Gasteiger partial charge in [0.05, 0.1) is 25.3 Å². The fourth-order valence-corrected chi connectivity index (χ4v) is 2.76. The number of benzene rings is 1. The quantitative estimate of drug-likeness (QED) is 0.554. The van der Waals surface area contributed by atoms with Crippen LogP contribution in [0.1, 0.15) is 49.5 Å². The van der Waals surface area contributed by atoms with Crippen molar-refractivity contribution in [3.8, 4) is 0 Å². The molecule has 1 aliphatic carbocycles. The van der Waals surface area contributed by atoms with E-state index in [-0.39, 0.29) is 18.4 Å². The highest BCUT2D eigenvalue weighted by molar-refractivity contribution is 5.72. The van der Waals surface area contributed by atoms with Crippen LogP contribution in [0.2, 0.25) is 0 Å². The first-order chi connectivity index (χ1) is 12.6. The molecule has 2 N–H and O–H groups in total. The normalized spacial score (nSPS) is 14.6. The third-order valence-electron chi connectivity index (χ3n) is 4.27. The predicted octanol–water partition coefficient (Wildman–Crippen LogP) is 3.29. The van der Waals surface area contributed by atoms with Gasteiger partial charge >= 0.3 is 5.97 Å². The number of carbonyl (C=O) groups is 1. The summed E-state index contributed by atoms with van der Waals surface area (Å²) in [4.78, 5) is 21.0. The fraction of sp³-hybridized carbons (Fsp3) is 0.421. The minimum absolute atomic E-state index is 0.162. The van der Waals surface area contributed by atoms with Gasteiger partial charge in [0.15, 0.2) is 5.82 Å². The molecule has 0 amide bonds. The summed E-state index contributed by atoms with van der Waals surface area (Å²) in [5.41, 5.74) is 1.40. The topological polar surface area (TPSA) is 87.6 Å². The van der Waals surface area contributed by atoms with Gasteiger partial charge in [-0.2, -0.15) is 0 Å². The molecule has 0 aliphatic heterocycles. The van der Waals surface area contributed by atoms with E-state index in [0.29, 0.717) is 24.0 Å². The SMILES string of the molecule is CCOC(=O)CC(Nc1nc(C2CC2)ncc1N(C)O)c1ccccc1. The molecule has 1 aromatic carbocycles. The van der Waals surface area contributed by atoms with E-state index in [2.05, 4.69) is 15.3 Å². The van der Waals surface area contributed by atoms with E-state index in [1.807, 2.05) is 30.3 Å². The van der Waals surface area contributed by atoms with E-state index in [4.69, 9.17) is 4.74 Å². The number of esters is 1. The van der Waals surface area contributed by atoms with Crippen molar-refractivity contribution in [2.75, 3.05) is 24.0 Å². The van der Waals surface area contributed by atoms with Crippen LogP contribution >= 0.6 is 0 Å². The summed E-state index contributed by atoms with van der Waals surface area (Å²) in [6.07, 6.45) is 3.93. The van der Waals surface area contributed by atoms with E-state index >= 15 is 0 Å². The van der Waals surface area contributed by atoms with Crippen LogP contribution < -0.4 is 10.4 Å². The largest absolute Gasteiger partial charge is 0.466 e. The lowest BCUT2D eigenvalue weighted by Gasteiger charge is -2.22. The third kappa shape index (κ3) is 4.49. The van der Waals surface area contributed by atoms with E-state index in [1.165, 1.54) is 7.05 Å². The molecule has 1 unspecified atom stereocenters. The predicted molar refractivity (Wildman–Crippen MR) is 98.3 cm³/mol. The summed E-state index contributed by atoms with van der Waals surface area (Å²) in [6.45, 7) is 2.12. The monoisotopic (exact) mass is 356 g/mol. The molecule has 7 nitrogen and oxygen atoms in total. The number of nitrogens with zero attached hydrogens (tertiary/aromatic N) is 3. The summed E-state index contributed by atoms with van der Waals surface area (Å²) in [5, 5.41) is 14.2. The highest BCUT2D eigenvalue weighted by Crippen LogP contribution is 2.39. The van der Waals surface area contributed by atoms with Crippen LogP contribution in [-0.2, 0) is 9.53 Å². The Morgan fingerprint density at radius 3 is 2.73 bits per heavy atom. The average Bonchev–Trinajstić information content (AvgIpc) is 3.47. The maximum Gasteiger partial charge on any atom is 0.308 e. The Balaban J connectivity index is 1.90. The minimum atomic E-state index is -0.323. The first-order valence-electron chi connectivity index (χ1n) is 8.85. The number of anilines is 2. The molecular weight excluding hydrogens is 332 g/mol. The van der Waals surface area contributed by atoms with Gasteiger partial charge in [0.25, 0.3) is 0 Å². The Morgan fingerprint density at radius 1 is 1.38 bits per heavy atom. The molecule has 2 aromatic rings. The highest BCUT2D eigenvalue weighted by Gasteiger charge is 2.28. The molecule has 1 atom stereocenters. The molecule has 1 aliphatic rings. The number of nitrogens with one attached hydrogen (secondary N) is 1. The summed E-state index contributed by atoms with van der Waals surface area (Å²) in [7, 11) is 1.52. The van der Waals surface area contributed by atoms with Crippen molar-refractivity contribution in [2.24, 2.45) is 0 Å². The van der Waals surface area contributed by atoms with Gasteiger partial charge < -0.3 is 10.1 Å². The van der Waals surface area contributed by atoms with Gasteiger partial charge in [-0.1, -0.05) is 30.3 Å². The van der Waals surface area contributed by atoms with Crippen LogP contribution in [0.4, 0.5) is 11.5 Å². The zero-order valence-corrected chi connectivity index (χ0v) is 15.1. The molecule has 1 heterocycles. The summed E-state index contributed by atoms with van der Waals surface area (Å²) < 4.78 is 5.11. The summed E-state index contributed by atoms with van der Waals surface area (Å²) in [5.74, 6) is 1.36. The van der Waals surface area contributed by atoms with Gasteiger partial charge in [-0.15, -0.1) is 0 Å². The van der Waals surface area contributed by atoms with Crippen LogP contribution in [0, 0.1) is 0 Å². The Morgan fingerprint density at radius 2 is 2.12 bits per heavy atom. The van der Waals surface area contributed by atoms with Crippen molar-refractivity contribution in [1.29, 1.82) is 0 Å². The van der Waals surface area contributed by atoms with Crippen molar-refractivity contribution >= 4 is 17.5 Å². The molecule has 1 aromatic heterocycles. The standard InChI is InChI=1S/C19H24N4O3/c1-3-26-17(24)11-15(13-7-5-4-6-8-13)21-19-16(23(2)25)12-20-18(22-19)14-9-10-14/h4-8,12,14-15,25H,3,9-11H2,1-2H3,(H,20,21,22). The number of hydroxylamine groups is 1. The van der Waals surface area contributed by atoms with Crippen molar-refractivity contribution < 1.29 is 14.7 Å². The molecular formula is C19H24N4O3. The van der Waals surface area contributed by atoms with Gasteiger partial charge in [-0.3, -0.25) is 15.1 Å². The van der Waals surface area contributed by atoms with Gasteiger partial charge in [-0.25, -0.2) is 9.97 Å². The Bertz CT molecular complexity index is 748. The number of carbonyl (C=O) groups excluding carboxylic acids is 1. The molecule has 0 saturated heterocycles.